The first-order valence-electron chi connectivity index (χ1n) is 4.14. The molecule has 1 aromatic rings. The quantitative estimate of drug-likeness (QED) is 0.648. The molecule has 0 radical (unpaired) electrons. The van der Waals surface area contributed by atoms with E-state index in [0.29, 0.717) is 11.3 Å². The average molecular weight is 179 g/mol. The largest absolute Gasteiger partial charge is 0.325 e. The molecule has 0 aliphatic carbocycles. The van der Waals surface area contributed by atoms with Crippen LogP contribution in [0.25, 0.3) is 0 Å². The third-order valence-corrected chi connectivity index (χ3v) is 2.45. The lowest BCUT2D eigenvalue weighted by molar-refractivity contribution is -0.119. The normalized spacial score (nSPS) is 18.2. The second-order valence-corrected chi connectivity index (χ2v) is 3.74. The molecule has 13 heavy (non-hydrogen) atoms. The fraction of sp³-hybridized carbons (Fsp3) is 0.300. The number of fused-ring (bicyclic) bond motifs is 1. The van der Waals surface area contributed by atoms with E-state index < -0.39 is 5.41 Å². The minimum absolute atomic E-state index is 0.146. The van der Waals surface area contributed by atoms with E-state index in [9.17, 15) is 9.18 Å². The van der Waals surface area contributed by atoms with Gasteiger partial charge in [0, 0.05) is 11.3 Å². The Balaban J connectivity index is 2.70. The molecule has 0 unspecified atom stereocenters. The highest BCUT2D eigenvalue weighted by molar-refractivity contribution is 6.05. The maximum absolute atomic E-state index is 13.4. The predicted molar refractivity (Wildman–Crippen MR) is 48.1 cm³/mol. The Bertz CT molecular complexity index is 385. The van der Waals surface area contributed by atoms with Gasteiger partial charge < -0.3 is 5.32 Å². The van der Waals surface area contributed by atoms with Crippen molar-refractivity contribution in [3.8, 4) is 0 Å². The molecule has 0 fully saturated rings. The van der Waals surface area contributed by atoms with Gasteiger partial charge in [0.15, 0.2) is 0 Å². The zero-order valence-electron chi connectivity index (χ0n) is 7.52. The van der Waals surface area contributed by atoms with Crippen molar-refractivity contribution in [1.82, 2.24) is 0 Å². The number of rotatable bonds is 0. The summed E-state index contributed by atoms with van der Waals surface area (Å²) in [5, 5.41) is 2.65. The number of anilines is 1. The van der Waals surface area contributed by atoms with Crippen molar-refractivity contribution in [2.45, 2.75) is 19.3 Å². The highest BCUT2D eigenvalue weighted by atomic mass is 19.1. The molecule has 1 amide bonds. The number of carbonyl (C=O) groups is 1. The third kappa shape index (κ3) is 0.963. The Kier molecular flexibility index (Phi) is 1.46. The Hall–Kier alpha value is -1.38. The molecule has 0 saturated carbocycles. The van der Waals surface area contributed by atoms with Gasteiger partial charge in [-0.1, -0.05) is 6.07 Å². The van der Waals surface area contributed by atoms with Gasteiger partial charge in [0.2, 0.25) is 5.91 Å². The molecule has 1 aliphatic rings. The predicted octanol–water partition coefficient (Wildman–Crippen LogP) is 2.06. The van der Waals surface area contributed by atoms with Crippen LogP contribution in [0.5, 0.6) is 0 Å². The van der Waals surface area contributed by atoms with Crippen LogP contribution in [-0.4, -0.2) is 5.91 Å². The number of carbonyl (C=O) groups excluding carboxylic acids is 1. The maximum Gasteiger partial charge on any atom is 0.234 e. The summed E-state index contributed by atoms with van der Waals surface area (Å²) >= 11 is 0. The van der Waals surface area contributed by atoms with Crippen LogP contribution < -0.4 is 5.32 Å². The monoisotopic (exact) mass is 179 g/mol. The molecule has 1 aliphatic heterocycles. The molecule has 2 nitrogen and oxygen atoms in total. The van der Waals surface area contributed by atoms with Crippen LogP contribution in [-0.2, 0) is 10.2 Å². The summed E-state index contributed by atoms with van der Waals surface area (Å²) in [4.78, 5) is 11.4. The minimum Gasteiger partial charge on any atom is -0.325 e. The molecule has 0 aromatic heterocycles. The van der Waals surface area contributed by atoms with E-state index in [1.165, 1.54) is 6.07 Å². The van der Waals surface area contributed by atoms with Gasteiger partial charge in [0.25, 0.3) is 0 Å². The standard InChI is InChI=1S/C10H10FNO/c1-10(2)8-6(11)4-3-5-7(8)12-9(10)13/h3-5H,1-2H3,(H,12,13). The van der Waals surface area contributed by atoms with Gasteiger partial charge in [0.05, 0.1) is 5.41 Å². The lowest BCUT2D eigenvalue weighted by atomic mass is 9.86. The topological polar surface area (TPSA) is 29.1 Å². The smallest absolute Gasteiger partial charge is 0.234 e. The van der Waals surface area contributed by atoms with Gasteiger partial charge in [-0.05, 0) is 26.0 Å². The minimum atomic E-state index is -0.749. The number of nitrogens with one attached hydrogen (secondary N) is 1. The summed E-state index contributed by atoms with van der Waals surface area (Å²) in [6.45, 7) is 3.44. The van der Waals surface area contributed by atoms with Crippen LogP contribution in [0.3, 0.4) is 0 Å². The molecule has 0 saturated heterocycles. The van der Waals surface area contributed by atoms with Crippen LogP contribution in [0.1, 0.15) is 19.4 Å². The van der Waals surface area contributed by atoms with Crippen molar-refractivity contribution in [2.24, 2.45) is 0 Å². The molecule has 1 aromatic carbocycles. The number of halogens is 1. The van der Waals surface area contributed by atoms with Crippen LogP contribution in [0.2, 0.25) is 0 Å². The van der Waals surface area contributed by atoms with Crippen LogP contribution in [0.4, 0.5) is 10.1 Å². The van der Waals surface area contributed by atoms with Gasteiger partial charge in [-0.2, -0.15) is 0 Å². The van der Waals surface area contributed by atoms with E-state index in [-0.39, 0.29) is 11.7 Å². The summed E-state index contributed by atoms with van der Waals surface area (Å²) in [6.07, 6.45) is 0. The third-order valence-electron chi connectivity index (χ3n) is 2.45. The molecule has 1 heterocycles. The van der Waals surface area contributed by atoms with E-state index in [1.807, 2.05) is 0 Å². The highest BCUT2D eigenvalue weighted by Gasteiger charge is 2.40. The average Bonchev–Trinajstić information content (AvgIpc) is 2.24. The summed E-state index contributed by atoms with van der Waals surface area (Å²) in [5.41, 5.74) is 0.315. The second-order valence-electron chi connectivity index (χ2n) is 3.74. The maximum atomic E-state index is 13.4. The van der Waals surface area contributed by atoms with Crippen molar-refractivity contribution in [1.29, 1.82) is 0 Å². The Morgan fingerprint density at radius 2 is 2.08 bits per heavy atom. The lowest BCUT2D eigenvalue weighted by Crippen LogP contribution is -2.27. The Labute approximate surface area is 75.8 Å². The van der Waals surface area contributed by atoms with Gasteiger partial charge in [-0.25, -0.2) is 4.39 Å². The molecule has 0 atom stereocenters. The van der Waals surface area contributed by atoms with Crippen LogP contribution >= 0.6 is 0 Å². The Morgan fingerprint density at radius 1 is 1.38 bits per heavy atom. The van der Waals surface area contributed by atoms with E-state index in [4.69, 9.17) is 0 Å². The van der Waals surface area contributed by atoms with E-state index >= 15 is 0 Å². The van der Waals surface area contributed by atoms with Crippen LogP contribution in [0, 0.1) is 5.82 Å². The highest BCUT2D eigenvalue weighted by Crippen LogP contribution is 2.38. The first-order valence-corrected chi connectivity index (χ1v) is 4.14. The first kappa shape index (κ1) is 8.23. The fourth-order valence-corrected chi connectivity index (χ4v) is 1.66. The molecule has 2 rings (SSSR count). The van der Waals surface area contributed by atoms with Crippen molar-refractivity contribution < 1.29 is 9.18 Å². The zero-order chi connectivity index (χ0) is 9.64. The van der Waals surface area contributed by atoms with Crippen molar-refractivity contribution in [3.63, 3.8) is 0 Å². The van der Waals surface area contributed by atoms with Crippen molar-refractivity contribution in [3.05, 3.63) is 29.6 Å². The molecular formula is C10H10FNO. The van der Waals surface area contributed by atoms with Gasteiger partial charge in [0.1, 0.15) is 5.82 Å². The second kappa shape index (κ2) is 2.31. The zero-order valence-corrected chi connectivity index (χ0v) is 7.52. The van der Waals surface area contributed by atoms with Crippen molar-refractivity contribution >= 4 is 11.6 Å². The first-order chi connectivity index (χ1) is 6.03. The Morgan fingerprint density at radius 3 is 2.69 bits per heavy atom. The number of amides is 1. The summed E-state index contributed by atoms with van der Waals surface area (Å²) in [5.74, 6) is -0.464. The van der Waals surface area contributed by atoms with Crippen molar-refractivity contribution in [2.75, 3.05) is 5.32 Å². The molecular weight excluding hydrogens is 169 g/mol. The molecule has 1 N–H and O–H groups in total. The van der Waals surface area contributed by atoms with E-state index in [1.54, 1.807) is 26.0 Å². The summed E-state index contributed by atoms with van der Waals surface area (Å²) < 4.78 is 13.4. The molecule has 68 valence electrons. The van der Waals surface area contributed by atoms with E-state index in [0.717, 1.165) is 0 Å². The lowest BCUT2D eigenvalue weighted by Gasteiger charge is -2.15. The molecule has 0 spiro atoms. The fourth-order valence-electron chi connectivity index (χ4n) is 1.66. The summed E-state index contributed by atoms with van der Waals surface area (Å²) in [7, 11) is 0. The van der Waals surface area contributed by atoms with Gasteiger partial charge >= 0.3 is 0 Å². The summed E-state index contributed by atoms with van der Waals surface area (Å²) in [6, 6.07) is 4.68. The molecule has 0 bridgehead atoms. The van der Waals surface area contributed by atoms with Crippen LogP contribution in [0.15, 0.2) is 18.2 Å². The van der Waals surface area contributed by atoms with Gasteiger partial charge in [-0.3, -0.25) is 4.79 Å². The molecule has 3 heteroatoms. The van der Waals surface area contributed by atoms with E-state index in [2.05, 4.69) is 5.32 Å². The SMILES string of the molecule is CC1(C)C(=O)Nc2cccc(F)c21. The number of hydrogen-bond donors (Lipinski definition) is 1. The number of hydrogen-bond acceptors (Lipinski definition) is 1. The van der Waals surface area contributed by atoms with Gasteiger partial charge in [-0.15, -0.1) is 0 Å². The number of benzene rings is 1.